The topological polar surface area (TPSA) is 69.6 Å². The number of nitrogens with zero attached hydrogens (tertiary/aromatic N) is 1. The fourth-order valence-electron chi connectivity index (χ4n) is 2.04. The number of amides is 1. The predicted octanol–water partition coefficient (Wildman–Crippen LogP) is 1.87. The van der Waals surface area contributed by atoms with E-state index in [-0.39, 0.29) is 5.91 Å². The Kier molecular flexibility index (Phi) is 4.79. The van der Waals surface area contributed by atoms with Crippen molar-refractivity contribution in [3.8, 4) is 0 Å². The number of rotatable bonds is 3. The van der Waals surface area contributed by atoms with Crippen LogP contribution in [0.4, 0.5) is 5.69 Å². The average molecular weight is 339 g/mol. The number of carbonyl (C=O) groups is 2. The Morgan fingerprint density at radius 2 is 2.25 bits per heavy atom. The lowest BCUT2D eigenvalue weighted by atomic mass is 10.1. The molecule has 2 N–H and O–H groups in total. The van der Waals surface area contributed by atoms with Gasteiger partial charge >= 0.3 is 5.97 Å². The molecule has 6 heteroatoms. The van der Waals surface area contributed by atoms with Gasteiger partial charge in [0.05, 0.1) is 6.54 Å². The molecule has 20 heavy (non-hydrogen) atoms. The largest absolute Gasteiger partial charge is 0.478 e. The molecule has 1 aliphatic heterocycles. The second kappa shape index (κ2) is 6.56. The minimum atomic E-state index is -0.981. The smallest absolute Gasteiger partial charge is 0.328 e. The molecule has 1 aromatic carbocycles. The lowest BCUT2D eigenvalue weighted by Crippen LogP contribution is -2.32. The average Bonchev–Trinajstić information content (AvgIpc) is 2.62. The summed E-state index contributed by atoms with van der Waals surface area (Å²) in [7, 11) is 0. The molecule has 5 nitrogen and oxygen atoms in total. The van der Waals surface area contributed by atoms with E-state index in [1.54, 1.807) is 0 Å². The molecular formula is C14H15BrN2O3. The van der Waals surface area contributed by atoms with Crippen molar-refractivity contribution in [3.05, 3.63) is 34.3 Å². The molecule has 1 aromatic rings. The highest BCUT2D eigenvalue weighted by molar-refractivity contribution is 9.10. The number of carboxylic acids is 1. The molecule has 0 atom stereocenters. The highest BCUT2D eigenvalue weighted by Gasteiger charge is 2.15. The van der Waals surface area contributed by atoms with Crippen LogP contribution in [0.25, 0.3) is 6.08 Å². The van der Waals surface area contributed by atoms with Gasteiger partial charge in [0.2, 0.25) is 5.91 Å². The van der Waals surface area contributed by atoms with E-state index in [2.05, 4.69) is 21.2 Å². The third-order valence-corrected chi connectivity index (χ3v) is 3.70. The summed E-state index contributed by atoms with van der Waals surface area (Å²) in [5, 5.41) is 11.5. The first kappa shape index (κ1) is 14.6. The third-order valence-electron chi connectivity index (χ3n) is 3.02. The Morgan fingerprint density at radius 1 is 1.45 bits per heavy atom. The lowest BCUT2D eigenvalue weighted by molar-refractivity contribution is -0.131. The van der Waals surface area contributed by atoms with E-state index in [0.29, 0.717) is 13.1 Å². The van der Waals surface area contributed by atoms with Crippen LogP contribution in [0.1, 0.15) is 12.0 Å². The van der Waals surface area contributed by atoms with E-state index >= 15 is 0 Å². The molecule has 1 aliphatic rings. The Labute approximate surface area is 125 Å². The molecule has 106 valence electrons. The summed E-state index contributed by atoms with van der Waals surface area (Å²) < 4.78 is 0.803. The van der Waals surface area contributed by atoms with Crippen LogP contribution in [0.3, 0.4) is 0 Å². The van der Waals surface area contributed by atoms with Gasteiger partial charge in [0.25, 0.3) is 0 Å². The molecule has 0 bridgehead atoms. The number of carboxylic acid groups (broad SMARTS) is 1. The zero-order chi connectivity index (χ0) is 14.5. The van der Waals surface area contributed by atoms with Gasteiger partial charge < -0.3 is 15.3 Å². The number of halogens is 1. The van der Waals surface area contributed by atoms with Crippen molar-refractivity contribution in [1.29, 1.82) is 0 Å². The Hall–Kier alpha value is -1.82. The lowest BCUT2D eigenvalue weighted by Gasteiger charge is -2.21. The van der Waals surface area contributed by atoms with Gasteiger partial charge in [-0.3, -0.25) is 4.79 Å². The van der Waals surface area contributed by atoms with E-state index in [0.717, 1.165) is 34.8 Å². The number of nitrogens with one attached hydrogen (secondary N) is 1. The first-order chi connectivity index (χ1) is 9.56. The molecule has 0 radical (unpaired) electrons. The molecule has 0 aliphatic carbocycles. The van der Waals surface area contributed by atoms with E-state index in [1.165, 1.54) is 6.08 Å². The van der Waals surface area contributed by atoms with Crippen molar-refractivity contribution in [2.75, 3.05) is 24.5 Å². The maximum atomic E-state index is 11.6. The number of hydrogen-bond donors (Lipinski definition) is 2. The minimum Gasteiger partial charge on any atom is -0.478 e. The Bertz CT molecular complexity index is 557. The highest BCUT2D eigenvalue weighted by atomic mass is 79.9. The van der Waals surface area contributed by atoms with Crippen molar-refractivity contribution in [3.63, 3.8) is 0 Å². The number of benzene rings is 1. The van der Waals surface area contributed by atoms with Gasteiger partial charge in [-0.15, -0.1) is 0 Å². The van der Waals surface area contributed by atoms with E-state index in [1.807, 2.05) is 23.1 Å². The number of carbonyl (C=O) groups excluding carboxylic acids is 1. The van der Waals surface area contributed by atoms with Gasteiger partial charge in [0, 0.05) is 29.3 Å². The van der Waals surface area contributed by atoms with Crippen LogP contribution in [0.15, 0.2) is 28.7 Å². The first-order valence-corrected chi connectivity index (χ1v) is 7.08. The van der Waals surface area contributed by atoms with E-state index in [9.17, 15) is 9.59 Å². The molecule has 1 saturated heterocycles. The molecule has 1 amide bonds. The molecule has 1 fully saturated rings. The van der Waals surface area contributed by atoms with Gasteiger partial charge in [-0.1, -0.05) is 22.0 Å². The summed E-state index contributed by atoms with van der Waals surface area (Å²) in [6, 6.07) is 5.63. The second-order valence-corrected chi connectivity index (χ2v) is 5.36. The number of aliphatic carboxylic acids is 1. The quantitative estimate of drug-likeness (QED) is 0.825. The third kappa shape index (κ3) is 3.84. The van der Waals surface area contributed by atoms with Crippen molar-refractivity contribution in [2.24, 2.45) is 0 Å². The molecular weight excluding hydrogens is 324 g/mol. The van der Waals surface area contributed by atoms with Crippen LogP contribution < -0.4 is 10.2 Å². The first-order valence-electron chi connectivity index (χ1n) is 6.28. The zero-order valence-electron chi connectivity index (χ0n) is 10.8. The van der Waals surface area contributed by atoms with Gasteiger partial charge in [0.1, 0.15) is 0 Å². The summed E-state index contributed by atoms with van der Waals surface area (Å²) in [4.78, 5) is 24.1. The number of hydrogen-bond acceptors (Lipinski definition) is 3. The summed E-state index contributed by atoms with van der Waals surface area (Å²) >= 11 is 3.43. The fraction of sp³-hybridized carbons (Fsp3) is 0.286. The van der Waals surface area contributed by atoms with Gasteiger partial charge in [-0.05, 0) is 30.2 Å². The maximum Gasteiger partial charge on any atom is 0.328 e. The molecule has 0 saturated carbocycles. The van der Waals surface area contributed by atoms with Crippen LogP contribution in [-0.4, -0.2) is 36.6 Å². The standard InChI is InChI=1S/C14H15BrN2O3/c15-12-8-11(4-2-10(12)3-5-14(19)20)17-7-1-6-16-13(18)9-17/h2-5,8H,1,6-7,9H2,(H,16,18)(H,19,20)/b5-3+. The van der Waals surface area contributed by atoms with E-state index < -0.39 is 5.97 Å². The zero-order valence-corrected chi connectivity index (χ0v) is 12.4. The molecule has 2 rings (SSSR count). The molecule has 0 unspecified atom stereocenters. The highest BCUT2D eigenvalue weighted by Crippen LogP contribution is 2.25. The van der Waals surface area contributed by atoms with E-state index in [4.69, 9.17) is 5.11 Å². The van der Waals surface area contributed by atoms with Crippen LogP contribution in [-0.2, 0) is 9.59 Å². The second-order valence-electron chi connectivity index (χ2n) is 4.50. The van der Waals surface area contributed by atoms with Crippen LogP contribution in [0.2, 0.25) is 0 Å². The summed E-state index contributed by atoms with van der Waals surface area (Å²) in [5.41, 5.74) is 1.73. The van der Waals surface area contributed by atoms with Crippen molar-refractivity contribution in [1.82, 2.24) is 5.32 Å². The van der Waals surface area contributed by atoms with Gasteiger partial charge in [-0.25, -0.2) is 4.79 Å². The monoisotopic (exact) mass is 338 g/mol. The fourth-order valence-corrected chi connectivity index (χ4v) is 2.53. The Morgan fingerprint density at radius 3 is 2.95 bits per heavy atom. The van der Waals surface area contributed by atoms with Crippen molar-refractivity contribution in [2.45, 2.75) is 6.42 Å². The minimum absolute atomic E-state index is 0.0217. The van der Waals surface area contributed by atoms with Gasteiger partial charge in [-0.2, -0.15) is 0 Å². The van der Waals surface area contributed by atoms with Crippen molar-refractivity contribution < 1.29 is 14.7 Å². The molecule has 1 heterocycles. The van der Waals surface area contributed by atoms with Crippen LogP contribution in [0, 0.1) is 0 Å². The van der Waals surface area contributed by atoms with Crippen LogP contribution >= 0.6 is 15.9 Å². The van der Waals surface area contributed by atoms with Crippen LogP contribution in [0.5, 0.6) is 0 Å². The maximum absolute atomic E-state index is 11.6. The van der Waals surface area contributed by atoms with Gasteiger partial charge in [0.15, 0.2) is 0 Å². The molecule has 0 aromatic heterocycles. The summed E-state index contributed by atoms with van der Waals surface area (Å²) in [6.07, 6.45) is 3.54. The molecule has 0 spiro atoms. The number of anilines is 1. The normalized spacial score (nSPS) is 16.1. The summed E-state index contributed by atoms with van der Waals surface area (Å²) in [6.45, 7) is 1.86. The predicted molar refractivity (Wildman–Crippen MR) is 80.7 cm³/mol. The SMILES string of the molecule is O=C(O)/C=C/c1ccc(N2CCCNC(=O)C2)cc1Br. The Balaban J connectivity index is 2.19. The van der Waals surface area contributed by atoms with Crippen molar-refractivity contribution >= 4 is 39.6 Å². The summed E-state index contributed by atoms with van der Waals surface area (Å²) in [5.74, 6) is -0.960.